The molecular formula is C9H9FN2O. The molecule has 0 aromatic carbocycles. The van der Waals surface area contributed by atoms with Crippen molar-refractivity contribution in [1.29, 1.82) is 5.26 Å². The normalized spacial score (nSPS) is 11.8. The molecule has 1 aromatic heterocycles. The predicted octanol–water partition coefficient (Wildman–Crippen LogP) is 1.90. The topological polar surface area (TPSA) is 45.9 Å². The van der Waals surface area contributed by atoms with Crippen molar-refractivity contribution >= 4 is 0 Å². The second-order valence-electron chi connectivity index (χ2n) is 2.44. The lowest BCUT2D eigenvalue weighted by Gasteiger charge is -2.09. The summed E-state index contributed by atoms with van der Waals surface area (Å²) in [6, 6.07) is 4.92. The monoisotopic (exact) mass is 180 g/mol. The molecule has 3 nitrogen and oxygen atoms in total. The Kier molecular flexibility index (Phi) is 3.21. The van der Waals surface area contributed by atoms with Crippen molar-refractivity contribution in [3.63, 3.8) is 0 Å². The lowest BCUT2D eigenvalue weighted by Crippen LogP contribution is -2.13. The molecule has 0 aliphatic carbocycles. The first-order chi connectivity index (χ1) is 6.27. The van der Waals surface area contributed by atoms with Gasteiger partial charge in [-0.1, -0.05) is 6.92 Å². The maximum absolute atomic E-state index is 12.9. The van der Waals surface area contributed by atoms with E-state index < -0.39 is 12.1 Å². The van der Waals surface area contributed by atoms with Gasteiger partial charge < -0.3 is 4.74 Å². The third-order valence-corrected chi connectivity index (χ3v) is 1.51. The minimum Gasteiger partial charge on any atom is -0.471 e. The molecule has 1 aromatic rings. The molecule has 0 saturated carbocycles. The molecule has 0 bridgehead atoms. The smallest absolute Gasteiger partial charge is 0.255 e. The van der Waals surface area contributed by atoms with Crippen molar-refractivity contribution in [2.24, 2.45) is 0 Å². The summed E-state index contributed by atoms with van der Waals surface area (Å²) < 4.78 is 17.9. The minimum atomic E-state index is -0.684. The number of rotatable bonds is 3. The summed E-state index contributed by atoms with van der Waals surface area (Å²) in [5.41, 5.74) is 0. The van der Waals surface area contributed by atoms with E-state index in [2.05, 4.69) is 4.98 Å². The molecule has 1 atom stereocenters. The zero-order valence-electron chi connectivity index (χ0n) is 7.20. The van der Waals surface area contributed by atoms with E-state index in [1.165, 1.54) is 12.3 Å². The SMILES string of the molecule is CCC(C#N)Oc1cccnc1F. The van der Waals surface area contributed by atoms with Crippen LogP contribution in [0.4, 0.5) is 4.39 Å². The molecule has 0 amide bonds. The third-order valence-electron chi connectivity index (χ3n) is 1.51. The number of ether oxygens (including phenoxy) is 1. The number of halogens is 1. The Bertz CT molecular complexity index is 322. The van der Waals surface area contributed by atoms with Gasteiger partial charge in [-0.25, -0.2) is 4.98 Å². The van der Waals surface area contributed by atoms with Crippen LogP contribution in [0, 0.1) is 17.3 Å². The summed E-state index contributed by atoms with van der Waals surface area (Å²) >= 11 is 0. The molecule has 0 radical (unpaired) electrons. The van der Waals surface area contributed by atoms with Gasteiger partial charge in [-0.05, 0) is 18.6 Å². The van der Waals surface area contributed by atoms with Crippen molar-refractivity contribution in [1.82, 2.24) is 4.98 Å². The Morgan fingerprint density at radius 3 is 3.08 bits per heavy atom. The standard InChI is InChI=1S/C9H9FN2O/c1-2-7(6-11)13-8-4-3-5-12-9(8)10/h3-5,7H,2H2,1H3. The maximum atomic E-state index is 12.9. The first-order valence-electron chi connectivity index (χ1n) is 3.94. The predicted molar refractivity (Wildman–Crippen MR) is 44.5 cm³/mol. The highest BCUT2D eigenvalue weighted by Crippen LogP contribution is 2.15. The highest BCUT2D eigenvalue weighted by molar-refractivity contribution is 5.19. The van der Waals surface area contributed by atoms with Gasteiger partial charge in [0.15, 0.2) is 11.9 Å². The van der Waals surface area contributed by atoms with Gasteiger partial charge in [-0.15, -0.1) is 0 Å². The van der Waals surface area contributed by atoms with Crippen molar-refractivity contribution in [3.05, 3.63) is 24.3 Å². The molecular weight excluding hydrogens is 171 g/mol. The van der Waals surface area contributed by atoms with Crippen LogP contribution < -0.4 is 4.74 Å². The van der Waals surface area contributed by atoms with E-state index in [0.717, 1.165) is 0 Å². The number of hydrogen-bond acceptors (Lipinski definition) is 3. The van der Waals surface area contributed by atoms with Crippen molar-refractivity contribution in [2.45, 2.75) is 19.4 Å². The van der Waals surface area contributed by atoms with Crippen LogP contribution in [0.5, 0.6) is 5.75 Å². The van der Waals surface area contributed by atoms with E-state index in [4.69, 9.17) is 10.00 Å². The third kappa shape index (κ3) is 2.41. The molecule has 1 unspecified atom stereocenters. The maximum Gasteiger partial charge on any atom is 0.255 e. The quantitative estimate of drug-likeness (QED) is 0.667. The van der Waals surface area contributed by atoms with Gasteiger partial charge in [0.2, 0.25) is 0 Å². The number of nitrogens with zero attached hydrogens (tertiary/aromatic N) is 2. The zero-order valence-corrected chi connectivity index (χ0v) is 7.20. The van der Waals surface area contributed by atoms with Gasteiger partial charge in [0.05, 0.1) is 0 Å². The molecule has 68 valence electrons. The summed E-state index contributed by atoms with van der Waals surface area (Å²) in [5.74, 6) is -0.660. The largest absolute Gasteiger partial charge is 0.471 e. The Morgan fingerprint density at radius 1 is 1.77 bits per heavy atom. The van der Waals surface area contributed by atoms with Crippen LogP contribution in [-0.4, -0.2) is 11.1 Å². The van der Waals surface area contributed by atoms with Gasteiger partial charge >= 0.3 is 0 Å². The molecule has 0 fully saturated rings. The van der Waals surface area contributed by atoms with E-state index in [0.29, 0.717) is 6.42 Å². The highest BCUT2D eigenvalue weighted by atomic mass is 19.1. The molecule has 4 heteroatoms. The second kappa shape index (κ2) is 4.41. The van der Waals surface area contributed by atoms with Crippen LogP contribution >= 0.6 is 0 Å². The van der Waals surface area contributed by atoms with Crippen LogP contribution in [-0.2, 0) is 0 Å². The average Bonchev–Trinajstić information content (AvgIpc) is 2.17. The molecule has 0 aliphatic heterocycles. The fraction of sp³-hybridized carbons (Fsp3) is 0.333. The fourth-order valence-corrected chi connectivity index (χ4v) is 0.813. The van der Waals surface area contributed by atoms with E-state index in [1.54, 1.807) is 13.0 Å². The fourth-order valence-electron chi connectivity index (χ4n) is 0.813. The molecule has 0 spiro atoms. The van der Waals surface area contributed by atoms with Crippen LogP contribution in [0.3, 0.4) is 0 Å². The minimum absolute atomic E-state index is 0.0240. The first-order valence-corrected chi connectivity index (χ1v) is 3.94. The molecule has 13 heavy (non-hydrogen) atoms. The van der Waals surface area contributed by atoms with Gasteiger partial charge in [-0.3, -0.25) is 0 Å². The summed E-state index contributed by atoms with van der Waals surface area (Å²) in [6.45, 7) is 1.79. The zero-order chi connectivity index (χ0) is 9.68. The number of nitriles is 1. The lowest BCUT2D eigenvalue weighted by molar-refractivity contribution is 0.237. The average molecular weight is 180 g/mol. The van der Waals surface area contributed by atoms with Crippen LogP contribution in [0.25, 0.3) is 0 Å². The molecule has 0 N–H and O–H groups in total. The first kappa shape index (κ1) is 9.46. The van der Waals surface area contributed by atoms with Crippen LogP contribution in [0.15, 0.2) is 18.3 Å². The molecule has 1 heterocycles. The van der Waals surface area contributed by atoms with Crippen molar-refractivity contribution < 1.29 is 9.13 Å². The van der Waals surface area contributed by atoms with E-state index in [9.17, 15) is 4.39 Å². The van der Waals surface area contributed by atoms with Crippen molar-refractivity contribution in [3.8, 4) is 11.8 Å². The van der Waals surface area contributed by atoms with Gasteiger partial charge in [0.25, 0.3) is 5.95 Å². The van der Waals surface area contributed by atoms with E-state index in [-0.39, 0.29) is 5.75 Å². The number of aromatic nitrogens is 1. The highest BCUT2D eigenvalue weighted by Gasteiger charge is 2.09. The van der Waals surface area contributed by atoms with Gasteiger partial charge in [0.1, 0.15) is 6.07 Å². The van der Waals surface area contributed by atoms with Gasteiger partial charge in [-0.2, -0.15) is 9.65 Å². The molecule has 0 aliphatic rings. The lowest BCUT2D eigenvalue weighted by atomic mass is 10.3. The molecule has 1 rings (SSSR count). The number of hydrogen-bond donors (Lipinski definition) is 0. The number of pyridine rings is 1. The Balaban J connectivity index is 2.74. The van der Waals surface area contributed by atoms with Crippen LogP contribution in [0.1, 0.15) is 13.3 Å². The van der Waals surface area contributed by atoms with Crippen LogP contribution in [0.2, 0.25) is 0 Å². The summed E-state index contributed by atoms with van der Waals surface area (Å²) in [6.07, 6.45) is 1.24. The van der Waals surface area contributed by atoms with E-state index in [1.807, 2.05) is 6.07 Å². The van der Waals surface area contributed by atoms with Crippen molar-refractivity contribution in [2.75, 3.05) is 0 Å². The Labute approximate surface area is 75.8 Å². The Morgan fingerprint density at radius 2 is 2.54 bits per heavy atom. The molecule has 0 saturated heterocycles. The summed E-state index contributed by atoms with van der Waals surface area (Å²) in [4.78, 5) is 3.40. The summed E-state index contributed by atoms with van der Waals surface area (Å²) in [5, 5.41) is 8.56. The van der Waals surface area contributed by atoms with Gasteiger partial charge in [0, 0.05) is 6.20 Å². The summed E-state index contributed by atoms with van der Waals surface area (Å²) in [7, 11) is 0. The second-order valence-corrected chi connectivity index (χ2v) is 2.44. The Hall–Kier alpha value is -1.63. The van der Waals surface area contributed by atoms with E-state index >= 15 is 0 Å².